The van der Waals surface area contributed by atoms with Crippen molar-refractivity contribution in [2.24, 2.45) is 11.8 Å². The molecule has 3 aliphatic carbocycles. The van der Waals surface area contributed by atoms with E-state index in [1.54, 1.807) is 38.5 Å². The third-order valence-corrected chi connectivity index (χ3v) is 3.53. The van der Waals surface area contributed by atoms with Crippen molar-refractivity contribution in [1.82, 2.24) is 5.32 Å². The Hall–Kier alpha value is -0.0400. The fourth-order valence-corrected chi connectivity index (χ4v) is 2.28. The third-order valence-electron chi connectivity index (χ3n) is 3.53. The fourth-order valence-electron chi connectivity index (χ4n) is 2.28. The topological polar surface area (TPSA) is 12.0 Å². The van der Waals surface area contributed by atoms with Crippen LogP contribution in [0.5, 0.6) is 0 Å². The van der Waals surface area contributed by atoms with E-state index in [-0.39, 0.29) is 0 Å². The Morgan fingerprint density at radius 3 is 1.15 bits per heavy atom. The molecule has 13 heavy (non-hydrogen) atoms. The molecule has 0 radical (unpaired) electrons. The highest BCUT2D eigenvalue weighted by Crippen LogP contribution is 2.40. The fraction of sp³-hybridized carbons (Fsp3) is 1.00. The predicted molar refractivity (Wildman–Crippen MR) is 58.9 cm³/mol. The van der Waals surface area contributed by atoms with E-state index in [0.717, 1.165) is 11.8 Å². The number of rotatable bonds is 1. The van der Waals surface area contributed by atoms with Crippen LogP contribution in [0.1, 0.15) is 52.4 Å². The van der Waals surface area contributed by atoms with Crippen LogP contribution >= 0.6 is 0 Å². The molecular weight excluding hydrogens is 158 g/mol. The number of fused-ring (bicyclic) bond motifs is 3. The van der Waals surface area contributed by atoms with E-state index in [9.17, 15) is 0 Å². The van der Waals surface area contributed by atoms with Crippen LogP contribution < -0.4 is 5.32 Å². The van der Waals surface area contributed by atoms with E-state index in [4.69, 9.17) is 0 Å². The first-order valence-electron chi connectivity index (χ1n) is 5.89. The second kappa shape index (κ2) is 5.64. The van der Waals surface area contributed by atoms with Crippen molar-refractivity contribution >= 4 is 0 Å². The van der Waals surface area contributed by atoms with Crippen molar-refractivity contribution in [2.75, 3.05) is 7.05 Å². The summed E-state index contributed by atoms with van der Waals surface area (Å²) in [6.07, 6.45) is 9.36. The molecule has 78 valence electrons. The highest BCUT2D eigenvalue weighted by molar-refractivity contribution is 4.79. The Balaban J connectivity index is 0.000000149. The lowest BCUT2D eigenvalue weighted by Crippen LogP contribution is -2.21. The van der Waals surface area contributed by atoms with Gasteiger partial charge in [-0.3, -0.25) is 0 Å². The molecule has 0 saturated heterocycles. The average Bonchev–Trinajstić information content (AvgIpc) is 2.21. The maximum atomic E-state index is 3.03. The highest BCUT2D eigenvalue weighted by atomic mass is 14.8. The Morgan fingerprint density at radius 1 is 0.846 bits per heavy atom. The summed E-state index contributed by atoms with van der Waals surface area (Å²) in [6, 6.07) is 0.634. The number of hydrogen-bond acceptors (Lipinski definition) is 1. The minimum Gasteiger partial charge on any atom is -0.318 e. The largest absolute Gasteiger partial charge is 0.318 e. The number of hydrogen-bond donors (Lipinski definition) is 1. The second-order valence-corrected chi connectivity index (χ2v) is 4.91. The van der Waals surface area contributed by atoms with E-state index in [0.29, 0.717) is 6.04 Å². The number of nitrogens with one attached hydrogen (secondary N) is 1. The Morgan fingerprint density at radius 2 is 1.08 bits per heavy atom. The van der Waals surface area contributed by atoms with Gasteiger partial charge in [0, 0.05) is 6.04 Å². The van der Waals surface area contributed by atoms with Crippen LogP contribution in [0.3, 0.4) is 0 Å². The third kappa shape index (κ3) is 4.12. The summed E-state index contributed by atoms with van der Waals surface area (Å²) in [7, 11) is 1.95. The zero-order valence-corrected chi connectivity index (χ0v) is 9.47. The van der Waals surface area contributed by atoms with Crippen molar-refractivity contribution < 1.29 is 0 Å². The predicted octanol–water partition coefficient (Wildman–Crippen LogP) is 3.20. The molecule has 0 aromatic rings. The quantitative estimate of drug-likeness (QED) is 0.658. The standard InChI is InChI=1S/C8H14.C4H11N/c1-2-8-5-3-7(1)4-6-8;1-4(2)5-3/h7-8H,1-6H2;4-5H,1-3H3. The molecule has 3 saturated carbocycles. The Labute approximate surface area is 83.3 Å². The van der Waals surface area contributed by atoms with Crippen LogP contribution in [0.25, 0.3) is 0 Å². The summed E-state index contributed by atoms with van der Waals surface area (Å²) in [5, 5.41) is 3.03. The molecule has 0 atom stereocenters. The van der Waals surface area contributed by atoms with Crippen LogP contribution in [0.2, 0.25) is 0 Å². The molecule has 1 nitrogen and oxygen atoms in total. The van der Waals surface area contributed by atoms with Crippen LogP contribution in [0.4, 0.5) is 0 Å². The van der Waals surface area contributed by atoms with Gasteiger partial charge in [0.1, 0.15) is 0 Å². The maximum absolute atomic E-state index is 3.03. The van der Waals surface area contributed by atoms with Gasteiger partial charge in [-0.2, -0.15) is 0 Å². The van der Waals surface area contributed by atoms with Gasteiger partial charge in [0.15, 0.2) is 0 Å². The maximum Gasteiger partial charge on any atom is 0.000733 e. The molecule has 2 bridgehead atoms. The zero-order valence-electron chi connectivity index (χ0n) is 9.47. The van der Waals surface area contributed by atoms with Crippen LogP contribution in [-0.2, 0) is 0 Å². The van der Waals surface area contributed by atoms with E-state index in [1.807, 2.05) is 7.05 Å². The van der Waals surface area contributed by atoms with Gasteiger partial charge in [0.05, 0.1) is 0 Å². The van der Waals surface area contributed by atoms with Gasteiger partial charge in [-0.15, -0.1) is 0 Å². The molecule has 0 aromatic heterocycles. The first-order chi connectivity index (χ1) is 6.22. The normalized spacial score (nSPS) is 31.4. The molecule has 1 heteroatoms. The summed E-state index contributed by atoms with van der Waals surface area (Å²) < 4.78 is 0. The highest BCUT2D eigenvalue weighted by Gasteiger charge is 2.26. The van der Waals surface area contributed by atoms with Crippen molar-refractivity contribution in [1.29, 1.82) is 0 Å². The summed E-state index contributed by atoms with van der Waals surface area (Å²) in [5.41, 5.74) is 0. The first kappa shape index (κ1) is 11.0. The molecule has 0 heterocycles. The van der Waals surface area contributed by atoms with E-state index in [2.05, 4.69) is 19.2 Å². The zero-order chi connectivity index (χ0) is 9.68. The lowest BCUT2D eigenvalue weighted by Gasteiger charge is -2.35. The molecule has 0 aliphatic heterocycles. The summed E-state index contributed by atoms with van der Waals surface area (Å²) >= 11 is 0. The van der Waals surface area contributed by atoms with E-state index in [1.165, 1.54) is 0 Å². The van der Waals surface area contributed by atoms with Crippen LogP contribution in [0.15, 0.2) is 0 Å². The van der Waals surface area contributed by atoms with Gasteiger partial charge in [-0.25, -0.2) is 0 Å². The SMILES string of the molecule is C1CC2CCC1CC2.CNC(C)C. The summed E-state index contributed by atoms with van der Waals surface area (Å²) in [5.74, 6) is 2.31. The van der Waals surface area contributed by atoms with Crippen LogP contribution in [0, 0.1) is 11.8 Å². The van der Waals surface area contributed by atoms with Gasteiger partial charge in [0.25, 0.3) is 0 Å². The lowest BCUT2D eigenvalue weighted by molar-refractivity contribution is 0.176. The average molecular weight is 183 g/mol. The smallest absolute Gasteiger partial charge is 0.000733 e. The molecule has 0 unspecified atom stereocenters. The van der Waals surface area contributed by atoms with Crippen LogP contribution in [-0.4, -0.2) is 13.1 Å². The Kier molecular flexibility index (Phi) is 4.79. The molecule has 0 aromatic carbocycles. The summed E-state index contributed by atoms with van der Waals surface area (Å²) in [6.45, 7) is 4.22. The van der Waals surface area contributed by atoms with Gasteiger partial charge in [-0.1, -0.05) is 52.4 Å². The van der Waals surface area contributed by atoms with Crippen molar-refractivity contribution in [2.45, 2.75) is 58.4 Å². The van der Waals surface area contributed by atoms with Gasteiger partial charge < -0.3 is 5.32 Å². The molecule has 3 aliphatic rings. The minimum atomic E-state index is 0.634. The van der Waals surface area contributed by atoms with Crippen molar-refractivity contribution in [3.8, 4) is 0 Å². The molecule has 3 rings (SSSR count). The minimum absolute atomic E-state index is 0.634. The summed E-state index contributed by atoms with van der Waals surface area (Å²) in [4.78, 5) is 0. The molecule has 1 N–H and O–H groups in total. The van der Waals surface area contributed by atoms with Gasteiger partial charge >= 0.3 is 0 Å². The molecule has 0 spiro atoms. The molecule has 0 amide bonds. The van der Waals surface area contributed by atoms with Crippen molar-refractivity contribution in [3.05, 3.63) is 0 Å². The van der Waals surface area contributed by atoms with E-state index < -0.39 is 0 Å². The Bertz CT molecular complexity index is 100. The first-order valence-corrected chi connectivity index (χ1v) is 5.89. The van der Waals surface area contributed by atoms with Gasteiger partial charge in [-0.05, 0) is 18.9 Å². The van der Waals surface area contributed by atoms with Gasteiger partial charge in [0.2, 0.25) is 0 Å². The van der Waals surface area contributed by atoms with Crippen molar-refractivity contribution in [3.63, 3.8) is 0 Å². The second-order valence-electron chi connectivity index (χ2n) is 4.91. The monoisotopic (exact) mass is 183 g/mol. The lowest BCUT2D eigenvalue weighted by atomic mass is 9.71. The van der Waals surface area contributed by atoms with E-state index >= 15 is 0 Å². The molecular formula is C12H25N. The molecule has 3 fully saturated rings.